The second kappa shape index (κ2) is 10.7. The molecule has 0 aliphatic carbocycles. The Morgan fingerprint density at radius 1 is 1.17 bits per heavy atom. The maximum atomic E-state index is 13.4. The zero-order chi connectivity index (χ0) is 25.7. The van der Waals surface area contributed by atoms with Gasteiger partial charge in [-0.1, -0.05) is 23.7 Å². The van der Waals surface area contributed by atoms with Crippen LogP contribution in [0.25, 0.3) is 6.08 Å². The highest BCUT2D eigenvalue weighted by molar-refractivity contribution is 6.31. The van der Waals surface area contributed by atoms with Gasteiger partial charge in [0.05, 0.1) is 24.4 Å². The Labute approximate surface area is 209 Å². The van der Waals surface area contributed by atoms with Gasteiger partial charge in [-0.3, -0.25) is 14.8 Å². The smallest absolute Gasteiger partial charge is 0.421 e. The summed E-state index contributed by atoms with van der Waals surface area (Å²) in [5, 5.41) is 5.02. The molecule has 1 aliphatic rings. The van der Waals surface area contributed by atoms with Crippen LogP contribution in [0.4, 0.5) is 18.9 Å². The summed E-state index contributed by atoms with van der Waals surface area (Å²) in [6, 6.07) is 12.7. The Balaban J connectivity index is 1.46. The molecule has 0 atom stereocenters. The average Bonchev–Trinajstić information content (AvgIpc) is 3.38. The van der Waals surface area contributed by atoms with Crippen LogP contribution >= 0.6 is 11.6 Å². The van der Waals surface area contributed by atoms with Crippen molar-refractivity contribution < 1.29 is 27.4 Å². The molecule has 2 heterocycles. The number of nitrogens with zero attached hydrogens (tertiary/aromatic N) is 2. The van der Waals surface area contributed by atoms with E-state index in [9.17, 15) is 18.0 Å². The van der Waals surface area contributed by atoms with Crippen LogP contribution in [0.15, 0.2) is 65.8 Å². The standard InChI is InChI=1S/C25H20ClF3N4O3/c1-35-23-19(7-6-18(26)22(23)25(27,28)29)33-21(34)8-5-15-3-2-4-16(13-15)36-17-9-10-30-20(14-17)24-31-11-12-32-24/h2-10,13-14H,11-12H2,1H3,(H,31,32)(H,33,34). The summed E-state index contributed by atoms with van der Waals surface area (Å²) in [7, 11) is 1.07. The number of amides is 1. The number of alkyl halides is 3. The molecule has 1 amide bonds. The molecule has 3 aromatic rings. The van der Waals surface area contributed by atoms with Crippen LogP contribution in [-0.2, 0) is 11.0 Å². The van der Waals surface area contributed by atoms with Gasteiger partial charge in [0, 0.05) is 24.9 Å². The van der Waals surface area contributed by atoms with Gasteiger partial charge in [0.25, 0.3) is 0 Å². The molecule has 0 bridgehead atoms. The number of carbonyl (C=O) groups excluding carboxylic acids is 1. The monoisotopic (exact) mass is 516 g/mol. The maximum Gasteiger partial charge on any atom is 0.421 e. The Hall–Kier alpha value is -4.05. The quantitative estimate of drug-likeness (QED) is 0.402. The van der Waals surface area contributed by atoms with Gasteiger partial charge >= 0.3 is 6.18 Å². The number of carbonyl (C=O) groups is 1. The lowest BCUT2D eigenvalue weighted by molar-refractivity contribution is -0.138. The van der Waals surface area contributed by atoms with E-state index in [2.05, 4.69) is 20.6 Å². The summed E-state index contributed by atoms with van der Waals surface area (Å²) in [5.74, 6) is 0.569. The number of rotatable bonds is 7. The zero-order valence-electron chi connectivity index (χ0n) is 18.9. The predicted octanol–water partition coefficient (Wildman–Crippen LogP) is 5.56. The number of methoxy groups -OCH3 is 1. The highest BCUT2D eigenvalue weighted by Gasteiger charge is 2.38. The average molecular weight is 517 g/mol. The van der Waals surface area contributed by atoms with E-state index in [-0.39, 0.29) is 5.69 Å². The first-order chi connectivity index (χ1) is 17.2. The highest BCUT2D eigenvalue weighted by atomic mass is 35.5. The van der Waals surface area contributed by atoms with E-state index < -0.39 is 28.4 Å². The third-order valence-electron chi connectivity index (χ3n) is 5.02. The molecule has 2 N–H and O–H groups in total. The van der Waals surface area contributed by atoms with Crippen molar-refractivity contribution in [3.05, 3.63) is 82.6 Å². The van der Waals surface area contributed by atoms with Gasteiger partial charge in [-0.2, -0.15) is 13.2 Å². The normalized spacial score (nSPS) is 13.3. The van der Waals surface area contributed by atoms with Crippen LogP contribution in [0.2, 0.25) is 5.02 Å². The summed E-state index contributed by atoms with van der Waals surface area (Å²) < 4.78 is 50.9. The number of pyridine rings is 1. The van der Waals surface area contributed by atoms with Crippen molar-refractivity contribution in [2.75, 3.05) is 25.5 Å². The van der Waals surface area contributed by atoms with Crippen LogP contribution in [0, 0.1) is 0 Å². The fourth-order valence-corrected chi connectivity index (χ4v) is 3.73. The fourth-order valence-electron chi connectivity index (χ4n) is 3.47. The van der Waals surface area contributed by atoms with Crippen LogP contribution in [0.5, 0.6) is 17.2 Å². The maximum absolute atomic E-state index is 13.4. The molecular formula is C25H20ClF3N4O3. The van der Waals surface area contributed by atoms with E-state index in [1.807, 2.05) is 0 Å². The molecule has 4 rings (SSSR count). The van der Waals surface area contributed by atoms with Gasteiger partial charge in [-0.05, 0) is 42.0 Å². The van der Waals surface area contributed by atoms with E-state index >= 15 is 0 Å². The first-order valence-corrected chi connectivity index (χ1v) is 11.1. The molecule has 0 saturated heterocycles. The van der Waals surface area contributed by atoms with Gasteiger partial charge in [0.2, 0.25) is 5.91 Å². The molecule has 1 aliphatic heterocycles. The van der Waals surface area contributed by atoms with Crippen molar-refractivity contribution in [1.29, 1.82) is 0 Å². The van der Waals surface area contributed by atoms with Crippen molar-refractivity contribution in [3.63, 3.8) is 0 Å². The van der Waals surface area contributed by atoms with Gasteiger partial charge in [-0.25, -0.2) is 0 Å². The van der Waals surface area contributed by atoms with Crippen LogP contribution < -0.4 is 20.1 Å². The van der Waals surface area contributed by atoms with Crippen LogP contribution in [0.1, 0.15) is 16.8 Å². The largest absolute Gasteiger partial charge is 0.494 e. The number of anilines is 1. The number of amidine groups is 1. The minimum Gasteiger partial charge on any atom is -0.494 e. The van der Waals surface area contributed by atoms with E-state index in [4.69, 9.17) is 21.1 Å². The summed E-state index contributed by atoms with van der Waals surface area (Å²) in [4.78, 5) is 21.0. The van der Waals surface area contributed by atoms with Crippen molar-refractivity contribution in [2.45, 2.75) is 6.18 Å². The summed E-state index contributed by atoms with van der Waals surface area (Å²) in [5.41, 5.74) is -0.00833. The summed E-state index contributed by atoms with van der Waals surface area (Å²) in [6.45, 7) is 1.46. The van der Waals surface area contributed by atoms with Crippen molar-refractivity contribution in [3.8, 4) is 17.2 Å². The molecule has 0 radical (unpaired) electrons. The Bertz CT molecular complexity index is 1340. The van der Waals surface area contributed by atoms with E-state index in [0.717, 1.165) is 19.7 Å². The number of ether oxygens (including phenoxy) is 2. The topological polar surface area (TPSA) is 84.8 Å². The van der Waals surface area contributed by atoms with Gasteiger partial charge in [0.1, 0.15) is 28.6 Å². The number of nitrogens with one attached hydrogen (secondary N) is 2. The lowest BCUT2D eigenvalue weighted by Crippen LogP contribution is -2.20. The molecule has 2 aromatic carbocycles. The molecule has 0 spiro atoms. The minimum absolute atomic E-state index is 0.157. The molecular weight excluding hydrogens is 497 g/mol. The second-order valence-corrected chi connectivity index (χ2v) is 7.94. The first kappa shape index (κ1) is 25.1. The number of halogens is 4. The second-order valence-electron chi connectivity index (χ2n) is 7.53. The van der Waals surface area contributed by atoms with Crippen molar-refractivity contribution in [2.24, 2.45) is 4.99 Å². The Morgan fingerprint density at radius 2 is 1.97 bits per heavy atom. The molecule has 36 heavy (non-hydrogen) atoms. The summed E-state index contributed by atoms with van der Waals surface area (Å²) in [6.07, 6.45) is -0.439. The molecule has 0 fully saturated rings. The predicted molar refractivity (Wildman–Crippen MR) is 131 cm³/mol. The molecule has 7 nitrogen and oxygen atoms in total. The SMILES string of the molecule is COc1c(NC(=O)C=Cc2cccc(Oc3ccnc(C4=NCCN4)c3)c2)ccc(Cl)c1C(F)(F)F. The molecule has 11 heteroatoms. The third kappa shape index (κ3) is 5.95. The number of aliphatic imine (C=N–C) groups is 1. The Morgan fingerprint density at radius 3 is 2.69 bits per heavy atom. The van der Waals surface area contributed by atoms with Gasteiger partial charge < -0.3 is 20.1 Å². The zero-order valence-corrected chi connectivity index (χ0v) is 19.7. The van der Waals surface area contributed by atoms with Crippen molar-refractivity contribution >= 4 is 35.1 Å². The van der Waals surface area contributed by atoms with Gasteiger partial charge in [0.15, 0.2) is 5.75 Å². The van der Waals surface area contributed by atoms with Gasteiger partial charge in [-0.15, -0.1) is 0 Å². The minimum atomic E-state index is -4.75. The Kier molecular flexibility index (Phi) is 7.44. The van der Waals surface area contributed by atoms with E-state index in [0.29, 0.717) is 35.1 Å². The van der Waals surface area contributed by atoms with Crippen LogP contribution in [0.3, 0.4) is 0 Å². The lowest BCUT2D eigenvalue weighted by atomic mass is 10.1. The van der Waals surface area contributed by atoms with E-state index in [1.165, 1.54) is 18.2 Å². The molecule has 0 unspecified atom stereocenters. The first-order valence-electron chi connectivity index (χ1n) is 10.7. The molecule has 1 aromatic heterocycles. The number of aromatic nitrogens is 1. The van der Waals surface area contributed by atoms with Crippen molar-refractivity contribution in [1.82, 2.24) is 10.3 Å². The number of hydrogen-bond donors (Lipinski definition) is 2. The fraction of sp³-hybridized carbons (Fsp3) is 0.160. The van der Waals surface area contributed by atoms with E-state index in [1.54, 1.807) is 42.6 Å². The highest BCUT2D eigenvalue weighted by Crippen LogP contribution is 2.44. The molecule has 0 saturated carbocycles. The number of hydrogen-bond acceptors (Lipinski definition) is 6. The molecule has 186 valence electrons. The lowest BCUT2D eigenvalue weighted by Gasteiger charge is -2.17. The number of benzene rings is 2. The summed E-state index contributed by atoms with van der Waals surface area (Å²) >= 11 is 5.71. The third-order valence-corrected chi connectivity index (χ3v) is 5.34. The van der Waals surface area contributed by atoms with Crippen LogP contribution in [-0.4, -0.2) is 36.9 Å².